The second kappa shape index (κ2) is 6.28. The van der Waals surface area contributed by atoms with Crippen molar-refractivity contribution in [2.45, 2.75) is 66.4 Å². The maximum absolute atomic E-state index is 12.5. The molecule has 0 bridgehead atoms. The minimum atomic E-state index is -5.70. The van der Waals surface area contributed by atoms with Crippen molar-refractivity contribution < 1.29 is 35.9 Å². The topological polar surface area (TPSA) is 26.3 Å². The zero-order valence-electron chi connectivity index (χ0n) is 13.4. The van der Waals surface area contributed by atoms with Gasteiger partial charge >= 0.3 is 18.3 Å². The number of carbonyl (C=O) groups is 1. The number of rotatable bonds is 4. The lowest BCUT2D eigenvalue weighted by Crippen LogP contribution is -2.50. The van der Waals surface area contributed by atoms with E-state index in [1.54, 1.807) is 34.6 Å². The predicted octanol–water partition coefficient (Wildman–Crippen LogP) is 5.12. The van der Waals surface area contributed by atoms with Crippen molar-refractivity contribution in [2.24, 2.45) is 16.7 Å². The van der Waals surface area contributed by atoms with E-state index in [0.717, 1.165) is 0 Å². The normalized spacial score (nSPS) is 16.8. The Bertz CT molecular complexity index is 378. The third-order valence-corrected chi connectivity index (χ3v) is 3.74. The van der Waals surface area contributed by atoms with E-state index in [4.69, 9.17) is 0 Å². The van der Waals surface area contributed by atoms with Gasteiger partial charge in [-0.25, -0.2) is 0 Å². The third kappa shape index (κ3) is 5.05. The first kappa shape index (κ1) is 21.0. The molecule has 0 heterocycles. The van der Waals surface area contributed by atoms with E-state index in [2.05, 4.69) is 4.74 Å². The van der Waals surface area contributed by atoms with Gasteiger partial charge in [0.05, 0.1) is 5.41 Å². The summed E-state index contributed by atoms with van der Waals surface area (Å²) in [6.07, 6.45) is -15.4. The molecule has 132 valence electrons. The second-order valence-electron chi connectivity index (χ2n) is 7.05. The maximum Gasteiger partial charge on any atom is 0.434 e. The molecule has 0 saturated heterocycles. The Hall–Kier alpha value is -0.950. The van der Waals surface area contributed by atoms with Crippen LogP contribution in [0.2, 0.25) is 0 Å². The number of hydrogen-bond donors (Lipinski definition) is 0. The van der Waals surface area contributed by atoms with Crippen LogP contribution in [0.4, 0.5) is 26.3 Å². The summed E-state index contributed by atoms with van der Waals surface area (Å²) in [5, 5.41) is 0. The average Bonchev–Trinajstić information content (AvgIpc) is 2.19. The number of esters is 1. The van der Waals surface area contributed by atoms with Crippen LogP contribution in [0, 0.1) is 16.7 Å². The van der Waals surface area contributed by atoms with Crippen LogP contribution in [0.1, 0.15) is 48.0 Å². The average molecular weight is 336 g/mol. The van der Waals surface area contributed by atoms with E-state index in [9.17, 15) is 31.1 Å². The maximum atomic E-state index is 12.5. The predicted molar refractivity (Wildman–Crippen MR) is 69.0 cm³/mol. The van der Waals surface area contributed by atoms with Crippen molar-refractivity contribution in [1.29, 1.82) is 0 Å². The molecule has 0 aliphatic rings. The summed E-state index contributed by atoms with van der Waals surface area (Å²) in [7, 11) is 0. The van der Waals surface area contributed by atoms with E-state index in [1.807, 2.05) is 0 Å². The fraction of sp³-hybridized carbons (Fsp3) is 0.929. The molecule has 0 rings (SSSR count). The number of hydrogen-bond acceptors (Lipinski definition) is 2. The Kier molecular flexibility index (Phi) is 6.00. The summed E-state index contributed by atoms with van der Waals surface area (Å²) in [6.45, 7) is 9.51. The zero-order chi connectivity index (χ0) is 18.1. The van der Waals surface area contributed by atoms with Gasteiger partial charge in [-0.1, -0.05) is 34.6 Å². The molecule has 2 nitrogen and oxygen atoms in total. The highest BCUT2D eigenvalue weighted by atomic mass is 19.4. The zero-order valence-corrected chi connectivity index (χ0v) is 13.4. The van der Waals surface area contributed by atoms with Crippen LogP contribution >= 0.6 is 0 Å². The number of carbonyl (C=O) groups excluding carboxylic acids is 1. The molecular weight excluding hydrogens is 314 g/mol. The van der Waals surface area contributed by atoms with Crippen molar-refractivity contribution in [1.82, 2.24) is 0 Å². The van der Waals surface area contributed by atoms with Gasteiger partial charge in [0.1, 0.15) is 0 Å². The molecule has 0 fully saturated rings. The fourth-order valence-electron chi connectivity index (χ4n) is 2.07. The summed E-state index contributed by atoms with van der Waals surface area (Å²) >= 11 is 0. The Morgan fingerprint density at radius 3 is 1.50 bits per heavy atom. The highest BCUT2D eigenvalue weighted by Gasteiger charge is 2.61. The first-order valence-electron chi connectivity index (χ1n) is 6.77. The van der Waals surface area contributed by atoms with Crippen molar-refractivity contribution >= 4 is 5.97 Å². The molecule has 0 aromatic heterocycles. The molecule has 22 heavy (non-hydrogen) atoms. The van der Waals surface area contributed by atoms with Crippen LogP contribution < -0.4 is 0 Å². The minimum Gasteiger partial charge on any atom is -0.442 e. The molecule has 1 atom stereocenters. The molecule has 0 amide bonds. The quantitative estimate of drug-likeness (QED) is 0.526. The number of alkyl halides is 6. The number of halogens is 6. The van der Waals surface area contributed by atoms with Crippen molar-refractivity contribution in [3.05, 3.63) is 0 Å². The van der Waals surface area contributed by atoms with Gasteiger partial charge in [0.15, 0.2) is 0 Å². The minimum absolute atomic E-state index is 0.105. The largest absolute Gasteiger partial charge is 0.442 e. The van der Waals surface area contributed by atoms with Crippen LogP contribution in [0.25, 0.3) is 0 Å². The standard InChI is InChI=1S/C14H22F6O2/c1-8(2)7-12(6,11(3,4)5)10(21)22-9(13(15,16)17)14(18,19)20/h8-9H,7H2,1-6H3. The molecule has 0 aliphatic carbocycles. The molecule has 0 aromatic carbocycles. The molecule has 0 N–H and O–H groups in total. The molecular formula is C14H22F6O2. The monoisotopic (exact) mass is 336 g/mol. The van der Waals surface area contributed by atoms with E-state index >= 15 is 0 Å². The molecule has 0 aromatic rings. The first-order chi connectivity index (χ1) is 9.43. The van der Waals surface area contributed by atoms with Gasteiger partial charge in [-0.2, -0.15) is 26.3 Å². The van der Waals surface area contributed by atoms with Gasteiger partial charge in [-0.05, 0) is 24.7 Å². The summed E-state index contributed by atoms with van der Waals surface area (Å²) in [6, 6.07) is 0. The lowest BCUT2D eigenvalue weighted by atomic mass is 9.64. The fourth-order valence-corrected chi connectivity index (χ4v) is 2.07. The van der Waals surface area contributed by atoms with Crippen LogP contribution in [0.5, 0.6) is 0 Å². The van der Waals surface area contributed by atoms with Crippen LogP contribution in [0.3, 0.4) is 0 Å². The first-order valence-corrected chi connectivity index (χ1v) is 6.77. The lowest BCUT2D eigenvalue weighted by molar-refractivity contribution is -0.316. The van der Waals surface area contributed by atoms with Crippen molar-refractivity contribution in [2.75, 3.05) is 0 Å². The van der Waals surface area contributed by atoms with Gasteiger partial charge < -0.3 is 4.74 Å². The molecule has 1 unspecified atom stereocenters. The van der Waals surface area contributed by atoms with E-state index < -0.39 is 35.3 Å². The van der Waals surface area contributed by atoms with Crippen LogP contribution in [-0.4, -0.2) is 24.4 Å². The van der Waals surface area contributed by atoms with Crippen molar-refractivity contribution in [3.8, 4) is 0 Å². The number of ether oxygens (including phenoxy) is 1. The third-order valence-electron chi connectivity index (χ3n) is 3.74. The Labute approximate surface area is 126 Å². The molecule has 0 saturated carbocycles. The van der Waals surface area contributed by atoms with E-state index in [-0.39, 0.29) is 12.3 Å². The molecule has 0 aliphatic heterocycles. The van der Waals surface area contributed by atoms with Crippen LogP contribution in [-0.2, 0) is 9.53 Å². The summed E-state index contributed by atoms with van der Waals surface area (Å²) in [5.74, 6) is -1.60. The van der Waals surface area contributed by atoms with Gasteiger partial charge in [0.2, 0.25) is 0 Å². The summed E-state index contributed by atoms with van der Waals surface area (Å²) in [5.41, 5.74) is -2.34. The van der Waals surface area contributed by atoms with Gasteiger partial charge in [-0.15, -0.1) is 0 Å². The highest BCUT2D eigenvalue weighted by Crippen LogP contribution is 2.46. The summed E-state index contributed by atoms with van der Waals surface area (Å²) < 4.78 is 79.0. The van der Waals surface area contributed by atoms with Gasteiger partial charge in [0.25, 0.3) is 6.10 Å². The second-order valence-corrected chi connectivity index (χ2v) is 7.05. The molecule has 0 radical (unpaired) electrons. The highest BCUT2D eigenvalue weighted by molar-refractivity contribution is 5.77. The van der Waals surface area contributed by atoms with Crippen molar-refractivity contribution in [3.63, 3.8) is 0 Å². The molecule has 0 spiro atoms. The van der Waals surface area contributed by atoms with Gasteiger partial charge in [-0.3, -0.25) is 4.79 Å². The SMILES string of the molecule is CC(C)CC(C)(C(=O)OC(C(F)(F)F)C(F)(F)F)C(C)(C)C. The Morgan fingerprint density at radius 2 is 1.27 bits per heavy atom. The Morgan fingerprint density at radius 1 is 0.909 bits per heavy atom. The molecule has 8 heteroatoms. The van der Waals surface area contributed by atoms with E-state index in [0.29, 0.717) is 0 Å². The van der Waals surface area contributed by atoms with E-state index in [1.165, 1.54) is 6.92 Å². The lowest BCUT2D eigenvalue weighted by Gasteiger charge is -2.41. The van der Waals surface area contributed by atoms with Crippen LogP contribution in [0.15, 0.2) is 0 Å². The summed E-state index contributed by atoms with van der Waals surface area (Å²) in [4.78, 5) is 12.1. The Balaban J connectivity index is 5.60. The smallest absolute Gasteiger partial charge is 0.434 e. The van der Waals surface area contributed by atoms with Gasteiger partial charge in [0, 0.05) is 0 Å².